The molecule has 1 aromatic carbocycles. The second kappa shape index (κ2) is 6.79. The SMILES string of the molecule is CCC(C)CC(=O)N[C@@H](C(=O)O)c1ccccc1. The van der Waals surface area contributed by atoms with E-state index < -0.39 is 12.0 Å². The van der Waals surface area contributed by atoms with Gasteiger partial charge in [-0.1, -0.05) is 50.6 Å². The Balaban J connectivity index is 2.71. The monoisotopic (exact) mass is 249 g/mol. The van der Waals surface area contributed by atoms with Gasteiger partial charge in [0.2, 0.25) is 5.91 Å². The molecule has 0 aliphatic heterocycles. The summed E-state index contributed by atoms with van der Waals surface area (Å²) < 4.78 is 0. The zero-order chi connectivity index (χ0) is 13.5. The Morgan fingerprint density at radius 1 is 1.28 bits per heavy atom. The van der Waals surface area contributed by atoms with Gasteiger partial charge in [-0.05, 0) is 11.5 Å². The zero-order valence-electron chi connectivity index (χ0n) is 10.7. The van der Waals surface area contributed by atoms with E-state index in [1.54, 1.807) is 24.3 Å². The number of rotatable bonds is 6. The Labute approximate surface area is 107 Å². The summed E-state index contributed by atoms with van der Waals surface area (Å²) >= 11 is 0. The van der Waals surface area contributed by atoms with Crippen LogP contribution in [0, 0.1) is 5.92 Å². The summed E-state index contributed by atoms with van der Waals surface area (Å²) in [6.45, 7) is 3.97. The predicted molar refractivity (Wildman–Crippen MR) is 69.0 cm³/mol. The molecule has 0 aromatic heterocycles. The van der Waals surface area contributed by atoms with E-state index in [2.05, 4.69) is 5.32 Å². The summed E-state index contributed by atoms with van der Waals surface area (Å²) in [4.78, 5) is 22.9. The largest absolute Gasteiger partial charge is 0.479 e. The van der Waals surface area contributed by atoms with Crippen molar-refractivity contribution in [3.63, 3.8) is 0 Å². The molecule has 4 heteroatoms. The summed E-state index contributed by atoms with van der Waals surface area (Å²) in [6.07, 6.45) is 1.25. The molecule has 1 amide bonds. The van der Waals surface area contributed by atoms with Crippen LogP contribution in [0.1, 0.15) is 38.3 Å². The molecule has 0 bridgehead atoms. The van der Waals surface area contributed by atoms with Crippen LogP contribution >= 0.6 is 0 Å². The number of carbonyl (C=O) groups is 2. The molecule has 1 rings (SSSR count). The lowest BCUT2D eigenvalue weighted by Gasteiger charge is -2.16. The average Bonchev–Trinajstić information content (AvgIpc) is 2.36. The van der Waals surface area contributed by atoms with Gasteiger partial charge in [-0.25, -0.2) is 4.79 Å². The van der Waals surface area contributed by atoms with Crippen molar-refractivity contribution >= 4 is 11.9 Å². The van der Waals surface area contributed by atoms with Crippen molar-refractivity contribution in [1.82, 2.24) is 5.32 Å². The molecule has 0 aliphatic carbocycles. The highest BCUT2D eigenvalue weighted by molar-refractivity contribution is 5.84. The van der Waals surface area contributed by atoms with Crippen LogP contribution in [0.3, 0.4) is 0 Å². The van der Waals surface area contributed by atoms with Gasteiger partial charge in [-0.15, -0.1) is 0 Å². The van der Waals surface area contributed by atoms with Gasteiger partial charge in [0, 0.05) is 6.42 Å². The highest BCUT2D eigenvalue weighted by atomic mass is 16.4. The fraction of sp³-hybridized carbons (Fsp3) is 0.429. The lowest BCUT2D eigenvalue weighted by molar-refractivity contribution is -0.142. The predicted octanol–water partition coefficient (Wildman–Crippen LogP) is 2.36. The van der Waals surface area contributed by atoms with Crippen molar-refractivity contribution in [1.29, 1.82) is 0 Å². The molecule has 18 heavy (non-hydrogen) atoms. The maximum Gasteiger partial charge on any atom is 0.330 e. The number of nitrogens with one attached hydrogen (secondary N) is 1. The van der Waals surface area contributed by atoms with Gasteiger partial charge < -0.3 is 10.4 Å². The van der Waals surface area contributed by atoms with Crippen molar-refractivity contribution in [3.05, 3.63) is 35.9 Å². The Kier molecular flexibility index (Phi) is 5.36. The van der Waals surface area contributed by atoms with E-state index in [1.807, 2.05) is 19.9 Å². The van der Waals surface area contributed by atoms with Gasteiger partial charge in [-0.3, -0.25) is 4.79 Å². The van der Waals surface area contributed by atoms with Crippen LogP contribution in [0.15, 0.2) is 30.3 Å². The van der Waals surface area contributed by atoms with Gasteiger partial charge in [0.25, 0.3) is 0 Å². The molecule has 4 nitrogen and oxygen atoms in total. The van der Waals surface area contributed by atoms with Crippen LogP contribution in [-0.2, 0) is 9.59 Å². The molecule has 0 heterocycles. The first-order chi connectivity index (χ1) is 8.54. The van der Waals surface area contributed by atoms with E-state index in [0.717, 1.165) is 6.42 Å². The quantitative estimate of drug-likeness (QED) is 0.813. The van der Waals surface area contributed by atoms with Crippen molar-refractivity contribution in [2.75, 3.05) is 0 Å². The number of carbonyl (C=O) groups excluding carboxylic acids is 1. The standard InChI is InChI=1S/C14H19NO3/c1-3-10(2)9-12(16)15-13(14(17)18)11-7-5-4-6-8-11/h4-8,10,13H,3,9H2,1-2H3,(H,15,16)(H,17,18)/t10?,13-/m1/s1. The zero-order valence-corrected chi connectivity index (χ0v) is 10.7. The van der Waals surface area contributed by atoms with Gasteiger partial charge in [0.15, 0.2) is 6.04 Å². The molecular formula is C14H19NO3. The van der Waals surface area contributed by atoms with Crippen LogP contribution in [0.2, 0.25) is 0 Å². The van der Waals surface area contributed by atoms with E-state index in [4.69, 9.17) is 5.11 Å². The second-order valence-electron chi connectivity index (χ2n) is 4.47. The Morgan fingerprint density at radius 3 is 2.39 bits per heavy atom. The molecule has 0 radical (unpaired) electrons. The molecule has 2 N–H and O–H groups in total. The third-order valence-corrected chi connectivity index (χ3v) is 2.92. The number of carboxylic acids is 1. The fourth-order valence-corrected chi connectivity index (χ4v) is 1.61. The molecule has 98 valence electrons. The number of hydrogen-bond acceptors (Lipinski definition) is 2. The lowest BCUT2D eigenvalue weighted by Crippen LogP contribution is -2.34. The average molecular weight is 249 g/mol. The van der Waals surface area contributed by atoms with Crippen LogP contribution in [0.5, 0.6) is 0 Å². The van der Waals surface area contributed by atoms with E-state index in [-0.39, 0.29) is 11.8 Å². The molecule has 0 aliphatic rings. The maximum absolute atomic E-state index is 11.7. The summed E-state index contributed by atoms with van der Waals surface area (Å²) in [7, 11) is 0. The summed E-state index contributed by atoms with van der Waals surface area (Å²) in [5, 5.41) is 11.7. The number of benzene rings is 1. The number of amides is 1. The lowest BCUT2D eigenvalue weighted by atomic mass is 10.0. The van der Waals surface area contributed by atoms with Crippen LogP contribution in [0.25, 0.3) is 0 Å². The first-order valence-corrected chi connectivity index (χ1v) is 6.11. The molecular weight excluding hydrogens is 230 g/mol. The van der Waals surface area contributed by atoms with E-state index in [0.29, 0.717) is 12.0 Å². The van der Waals surface area contributed by atoms with E-state index in [9.17, 15) is 9.59 Å². The highest BCUT2D eigenvalue weighted by Gasteiger charge is 2.22. The van der Waals surface area contributed by atoms with Crippen molar-refractivity contribution in [2.24, 2.45) is 5.92 Å². The highest BCUT2D eigenvalue weighted by Crippen LogP contribution is 2.14. The molecule has 1 unspecified atom stereocenters. The first-order valence-electron chi connectivity index (χ1n) is 6.11. The number of aliphatic carboxylic acids is 1. The first kappa shape index (κ1) is 14.2. The van der Waals surface area contributed by atoms with Crippen molar-refractivity contribution < 1.29 is 14.7 Å². The van der Waals surface area contributed by atoms with Gasteiger partial charge in [0.05, 0.1) is 0 Å². The number of hydrogen-bond donors (Lipinski definition) is 2. The summed E-state index contributed by atoms with van der Waals surface area (Å²) in [6, 6.07) is 7.74. The van der Waals surface area contributed by atoms with Crippen LogP contribution in [0.4, 0.5) is 0 Å². The van der Waals surface area contributed by atoms with Gasteiger partial charge in [-0.2, -0.15) is 0 Å². The molecule has 0 fully saturated rings. The minimum atomic E-state index is -1.04. The molecule has 2 atom stereocenters. The summed E-state index contributed by atoms with van der Waals surface area (Å²) in [5.41, 5.74) is 0.586. The van der Waals surface area contributed by atoms with Crippen LogP contribution in [-0.4, -0.2) is 17.0 Å². The molecule has 0 saturated heterocycles. The normalized spacial score (nSPS) is 13.7. The smallest absolute Gasteiger partial charge is 0.330 e. The minimum absolute atomic E-state index is 0.222. The molecule has 0 saturated carbocycles. The fourth-order valence-electron chi connectivity index (χ4n) is 1.61. The Hall–Kier alpha value is -1.84. The number of carboxylic acid groups (broad SMARTS) is 1. The van der Waals surface area contributed by atoms with E-state index in [1.165, 1.54) is 0 Å². The topological polar surface area (TPSA) is 66.4 Å². The molecule has 1 aromatic rings. The third kappa shape index (κ3) is 4.20. The Morgan fingerprint density at radius 2 is 1.89 bits per heavy atom. The van der Waals surface area contributed by atoms with Gasteiger partial charge >= 0.3 is 5.97 Å². The van der Waals surface area contributed by atoms with Crippen molar-refractivity contribution in [3.8, 4) is 0 Å². The van der Waals surface area contributed by atoms with Crippen LogP contribution < -0.4 is 5.32 Å². The maximum atomic E-state index is 11.7. The second-order valence-corrected chi connectivity index (χ2v) is 4.47. The summed E-state index contributed by atoms with van der Waals surface area (Å²) in [5.74, 6) is -1.01. The third-order valence-electron chi connectivity index (χ3n) is 2.92. The molecule has 0 spiro atoms. The van der Waals surface area contributed by atoms with E-state index >= 15 is 0 Å². The minimum Gasteiger partial charge on any atom is -0.479 e. The van der Waals surface area contributed by atoms with Crippen molar-refractivity contribution in [2.45, 2.75) is 32.7 Å². The van der Waals surface area contributed by atoms with Gasteiger partial charge in [0.1, 0.15) is 0 Å². The Bertz CT molecular complexity index is 403.